The number of para-hydroxylation sites is 1. The molecule has 2 aromatic carbocycles. The fraction of sp³-hybridized carbons (Fsp3) is 0.227. The lowest BCUT2D eigenvalue weighted by Gasteiger charge is -2.23. The Kier molecular flexibility index (Phi) is 5.48. The summed E-state index contributed by atoms with van der Waals surface area (Å²) in [5.41, 5.74) is 1.57. The highest BCUT2D eigenvalue weighted by atomic mass is 16.5. The summed E-state index contributed by atoms with van der Waals surface area (Å²) in [5.74, 6) is -0.00209. The van der Waals surface area contributed by atoms with Gasteiger partial charge in [0, 0.05) is 0 Å². The molecule has 1 unspecified atom stereocenters. The zero-order chi connectivity index (χ0) is 22.0. The number of anilines is 1. The van der Waals surface area contributed by atoms with Crippen molar-refractivity contribution in [3.63, 3.8) is 0 Å². The molecular weight excluding hydrogens is 396 g/mol. The van der Waals surface area contributed by atoms with Crippen molar-refractivity contribution in [2.45, 2.75) is 19.9 Å². The molecule has 0 spiro atoms. The van der Waals surface area contributed by atoms with E-state index in [1.165, 1.54) is 18.0 Å². The number of rotatable bonds is 6. The molecule has 0 saturated carbocycles. The highest BCUT2D eigenvalue weighted by Crippen LogP contribution is 2.29. The van der Waals surface area contributed by atoms with Crippen LogP contribution in [0, 0.1) is 5.92 Å². The summed E-state index contributed by atoms with van der Waals surface area (Å²) < 4.78 is 8.51. The van der Waals surface area contributed by atoms with Crippen LogP contribution in [0.3, 0.4) is 0 Å². The van der Waals surface area contributed by atoms with Crippen LogP contribution < -0.4 is 15.6 Å². The quantitative estimate of drug-likeness (QED) is 0.516. The summed E-state index contributed by atoms with van der Waals surface area (Å²) in [6.07, 6.45) is 4.55. The van der Waals surface area contributed by atoms with E-state index in [0.717, 1.165) is 5.69 Å². The molecule has 0 aliphatic rings. The van der Waals surface area contributed by atoms with E-state index in [9.17, 15) is 9.59 Å². The van der Waals surface area contributed by atoms with Crippen molar-refractivity contribution in [1.29, 1.82) is 0 Å². The maximum absolute atomic E-state index is 13.3. The first-order valence-electron chi connectivity index (χ1n) is 9.79. The van der Waals surface area contributed by atoms with E-state index in [1.54, 1.807) is 47.6 Å². The van der Waals surface area contributed by atoms with Crippen molar-refractivity contribution < 1.29 is 9.53 Å². The average molecular weight is 418 g/mol. The molecule has 0 fully saturated rings. The predicted molar refractivity (Wildman–Crippen MR) is 116 cm³/mol. The maximum Gasteiger partial charge on any atom is 0.261 e. The average Bonchev–Trinajstić information content (AvgIpc) is 3.30. The Morgan fingerprint density at radius 3 is 2.52 bits per heavy atom. The van der Waals surface area contributed by atoms with Gasteiger partial charge in [-0.2, -0.15) is 0 Å². The first-order valence-corrected chi connectivity index (χ1v) is 9.79. The third-order valence-electron chi connectivity index (χ3n) is 5.05. The normalized spacial score (nSPS) is 12.1. The second-order valence-corrected chi connectivity index (χ2v) is 7.41. The zero-order valence-electron chi connectivity index (χ0n) is 17.4. The number of hydrogen-bond donors (Lipinski definition) is 1. The molecule has 1 N–H and O–H groups in total. The van der Waals surface area contributed by atoms with Gasteiger partial charge in [-0.15, -0.1) is 10.2 Å². The molecule has 2 heterocycles. The Hall–Kier alpha value is -4.01. The number of amides is 1. The van der Waals surface area contributed by atoms with Gasteiger partial charge in [-0.1, -0.05) is 26.0 Å². The van der Waals surface area contributed by atoms with Crippen LogP contribution in [-0.2, 0) is 4.79 Å². The van der Waals surface area contributed by atoms with E-state index in [1.807, 2.05) is 26.0 Å². The Bertz CT molecular complexity index is 1280. The summed E-state index contributed by atoms with van der Waals surface area (Å²) >= 11 is 0. The van der Waals surface area contributed by atoms with Crippen molar-refractivity contribution in [3.05, 3.63) is 71.8 Å². The molecule has 9 nitrogen and oxygen atoms in total. The second-order valence-electron chi connectivity index (χ2n) is 7.41. The minimum atomic E-state index is -0.757. The fourth-order valence-corrected chi connectivity index (χ4v) is 3.53. The lowest BCUT2D eigenvalue weighted by molar-refractivity contribution is -0.120. The van der Waals surface area contributed by atoms with Crippen molar-refractivity contribution in [1.82, 2.24) is 24.3 Å². The Labute approximate surface area is 178 Å². The Morgan fingerprint density at radius 1 is 1.06 bits per heavy atom. The topological polar surface area (TPSA) is 104 Å². The highest BCUT2D eigenvalue weighted by molar-refractivity contribution is 5.95. The number of methoxy groups -OCH3 is 1. The number of nitrogens with one attached hydrogen (secondary N) is 1. The van der Waals surface area contributed by atoms with Crippen LogP contribution in [0.1, 0.15) is 19.9 Å². The van der Waals surface area contributed by atoms with Gasteiger partial charge in [0.05, 0.1) is 35.7 Å². The highest BCUT2D eigenvalue weighted by Gasteiger charge is 2.27. The van der Waals surface area contributed by atoms with Gasteiger partial charge >= 0.3 is 0 Å². The molecule has 4 rings (SSSR count). The van der Waals surface area contributed by atoms with E-state index >= 15 is 0 Å². The van der Waals surface area contributed by atoms with Gasteiger partial charge in [-0.3, -0.25) is 18.7 Å². The maximum atomic E-state index is 13.3. The lowest BCUT2D eigenvalue weighted by atomic mass is 10.0. The third-order valence-corrected chi connectivity index (χ3v) is 5.05. The van der Waals surface area contributed by atoms with E-state index < -0.39 is 6.04 Å². The number of hydrogen-bond acceptors (Lipinski definition) is 6. The Balaban J connectivity index is 1.72. The van der Waals surface area contributed by atoms with Crippen LogP contribution in [-0.4, -0.2) is 37.3 Å². The first kappa shape index (κ1) is 20.3. The van der Waals surface area contributed by atoms with Gasteiger partial charge in [-0.05, 0) is 36.2 Å². The summed E-state index contributed by atoms with van der Waals surface area (Å²) in [6, 6.07) is 11.7. The molecule has 0 aliphatic carbocycles. The van der Waals surface area contributed by atoms with Crippen LogP contribution in [0.15, 0.2) is 66.2 Å². The smallest absolute Gasteiger partial charge is 0.261 e. The second kappa shape index (κ2) is 8.39. The van der Waals surface area contributed by atoms with Gasteiger partial charge in [0.1, 0.15) is 24.4 Å². The number of carbonyl (C=O) groups excluding carboxylic acids is 1. The molecule has 0 saturated heterocycles. The van der Waals surface area contributed by atoms with Gasteiger partial charge in [0.2, 0.25) is 5.91 Å². The summed E-state index contributed by atoms with van der Waals surface area (Å²) in [5, 5.41) is 11.0. The first-order chi connectivity index (χ1) is 15.0. The zero-order valence-corrected chi connectivity index (χ0v) is 17.4. The van der Waals surface area contributed by atoms with Gasteiger partial charge in [0.25, 0.3) is 5.56 Å². The van der Waals surface area contributed by atoms with Crippen LogP contribution in [0.5, 0.6) is 5.75 Å². The minimum absolute atomic E-state index is 0.160. The van der Waals surface area contributed by atoms with Crippen molar-refractivity contribution in [3.8, 4) is 11.4 Å². The molecule has 2 aromatic heterocycles. The molecule has 1 amide bonds. The van der Waals surface area contributed by atoms with Crippen LogP contribution in [0.2, 0.25) is 0 Å². The van der Waals surface area contributed by atoms with Crippen molar-refractivity contribution in [2.24, 2.45) is 5.92 Å². The van der Waals surface area contributed by atoms with E-state index in [2.05, 4.69) is 20.5 Å². The largest absolute Gasteiger partial charge is 0.495 e. The molecule has 0 aliphatic heterocycles. The molecule has 1 atom stereocenters. The van der Waals surface area contributed by atoms with E-state index in [-0.39, 0.29) is 17.4 Å². The SMILES string of the molecule is COc1ccc(-n2cnnc2)cc1NC(=O)C(C(C)C)n1cnc2ccccc2c1=O. The molecule has 9 heteroatoms. The van der Waals surface area contributed by atoms with Gasteiger partial charge in [-0.25, -0.2) is 4.98 Å². The van der Waals surface area contributed by atoms with Gasteiger partial charge < -0.3 is 10.1 Å². The van der Waals surface area contributed by atoms with Crippen LogP contribution >= 0.6 is 0 Å². The third kappa shape index (κ3) is 3.89. The van der Waals surface area contributed by atoms with Gasteiger partial charge in [0.15, 0.2) is 0 Å². The fourth-order valence-electron chi connectivity index (χ4n) is 3.53. The van der Waals surface area contributed by atoms with Crippen LogP contribution in [0.25, 0.3) is 16.6 Å². The number of nitrogens with zero attached hydrogens (tertiary/aromatic N) is 5. The molecule has 0 bridgehead atoms. The Morgan fingerprint density at radius 2 is 1.81 bits per heavy atom. The summed E-state index contributed by atoms with van der Waals surface area (Å²) in [4.78, 5) is 30.7. The number of benzene rings is 2. The summed E-state index contributed by atoms with van der Waals surface area (Å²) in [7, 11) is 1.53. The molecular formula is C22H22N6O3. The monoisotopic (exact) mass is 418 g/mol. The molecule has 4 aromatic rings. The standard InChI is InChI=1S/C22H22N6O3/c1-14(2)20(28-11-23-17-7-5-4-6-16(17)22(28)30)21(29)26-18-10-15(8-9-19(18)31-3)27-12-24-25-13-27/h4-14,20H,1-3H3,(H,26,29). The molecule has 31 heavy (non-hydrogen) atoms. The number of aromatic nitrogens is 5. The van der Waals surface area contributed by atoms with Crippen molar-refractivity contribution in [2.75, 3.05) is 12.4 Å². The van der Waals surface area contributed by atoms with E-state index in [0.29, 0.717) is 22.3 Å². The molecule has 158 valence electrons. The lowest BCUT2D eigenvalue weighted by Crippen LogP contribution is -2.36. The molecule has 0 radical (unpaired) electrons. The number of carbonyl (C=O) groups is 1. The number of fused-ring (bicyclic) bond motifs is 1. The van der Waals surface area contributed by atoms with Crippen molar-refractivity contribution >= 4 is 22.5 Å². The summed E-state index contributed by atoms with van der Waals surface area (Å²) in [6.45, 7) is 3.77. The predicted octanol–water partition coefficient (Wildman–Crippen LogP) is 2.82. The van der Waals surface area contributed by atoms with Crippen LogP contribution in [0.4, 0.5) is 5.69 Å². The minimum Gasteiger partial charge on any atom is -0.495 e. The number of ether oxygens (including phenoxy) is 1. The van der Waals surface area contributed by atoms with E-state index in [4.69, 9.17) is 4.74 Å².